The third kappa shape index (κ3) is 3.87. The molecule has 0 radical (unpaired) electrons. The van der Waals surface area contributed by atoms with E-state index < -0.39 is 0 Å². The lowest BCUT2D eigenvalue weighted by Gasteiger charge is -2.30. The zero-order chi connectivity index (χ0) is 16.4. The van der Waals surface area contributed by atoms with Gasteiger partial charge in [-0.3, -0.25) is 4.31 Å². The first kappa shape index (κ1) is 16.7. The van der Waals surface area contributed by atoms with Crippen molar-refractivity contribution in [2.24, 2.45) is 0 Å². The van der Waals surface area contributed by atoms with Crippen molar-refractivity contribution in [3.8, 4) is 0 Å². The van der Waals surface area contributed by atoms with Crippen molar-refractivity contribution in [3.05, 3.63) is 23.1 Å². The molecule has 1 fully saturated rings. The molecule has 23 heavy (non-hydrogen) atoms. The van der Waals surface area contributed by atoms with Crippen molar-refractivity contribution >= 4 is 40.4 Å². The maximum atomic E-state index is 6.32. The molecule has 2 aromatic rings. The van der Waals surface area contributed by atoms with E-state index in [9.17, 15) is 0 Å². The van der Waals surface area contributed by atoms with Crippen LogP contribution in [0.5, 0.6) is 0 Å². The van der Waals surface area contributed by atoms with Gasteiger partial charge in [-0.25, -0.2) is 15.0 Å². The smallest absolute Gasteiger partial charge is 0.223 e. The molecular formula is C16H22ClN5S. The Hall–Kier alpha value is -1.11. The summed E-state index contributed by atoms with van der Waals surface area (Å²) < 4.78 is 2.38. The summed E-state index contributed by atoms with van der Waals surface area (Å²) in [6.07, 6.45) is 6.16. The predicted octanol–water partition coefficient (Wildman–Crippen LogP) is 3.96. The molecule has 1 N–H and O–H groups in total. The van der Waals surface area contributed by atoms with Crippen LogP contribution in [0, 0.1) is 0 Å². The summed E-state index contributed by atoms with van der Waals surface area (Å²) in [4.78, 5) is 13.5. The topological polar surface area (TPSA) is 53.9 Å². The highest BCUT2D eigenvalue weighted by molar-refractivity contribution is 7.96. The summed E-state index contributed by atoms with van der Waals surface area (Å²) >= 11 is 8.13. The molecule has 1 saturated heterocycles. The molecule has 0 aromatic carbocycles. The molecule has 3 rings (SSSR count). The lowest BCUT2D eigenvalue weighted by molar-refractivity contribution is 0.358. The van der Waals surface area contributed by atoms with Gasteiger partial charge in [0.2, 0.25) is 5.95 Å². The number of piperidine rings is 1. The van der Waals surface area contributed by atoms with E-state index in [4.69, 9.17) is 11.6 Å². The molecule has 5 nitrogen and oxygen atoms in total. The number of nitrogens with zero attached hydrogens (tertiary/aromatic N) is 4. The number of halogens is 1. The zero-order valence-corrected chi connectivity index (χ0v) is 15.3. The van der Waals surface area contributed by atoms with Gasteiger partial charge in [-0.1, -0.05) is 37.4 Å². The number of rotatable bonds is 4. The standard InChI is InChI=1S/C16H22ClN5S/c1-10(2)13-8-11-9-18-16(21-14(11)15(17)20-13)19-12-4-6-22(23-3)7-5-12/h8-10,12H,4-7H2,1-3H3,(H,18,19,21). The van der Waals surface area contributed by atoms with Crippen molar-refractivity contribution in [2.75, 3.05) is 24.7 Å². The molecule has 3 heterocycles. The van der Waals surface area contributed by atoms with Gasteiger partial charge in [0.1, 0.15) is 5.52 Å². The van der Waals surface area contributed by atoms with Gasteiger partial charge in [0, 0.05) is 36.4 Å². The van der Waals surface area contributed by atoms with Gasteiger partial charge >= 0.3 is 0 Å². The Morgan fingerprint density at radius 2 is 2.04 bits per heavy atom. The van der Waals surface area contributed by atoms with Crippen LogP contribution in [-0.4, -0.2) is 44.6 Å². The number of hydrogen-bond donors (Lipinski definition) is 1. The molecule has 0 atom stereocenters. The summed E-state index contributed by atoms with van der Waals surface area (Å²) in [5.74, 6) is 0.970. The van der Waals surface area contributed by atoms with Crippen molar-refractivity contribution in [1.29, 1.82) is 0 Å². The van der Waals surface area contributed by atoms with Crippen LogP contribution in [0.4, 0.5) is 5.95 Å². The summed E-state index contributed by atoms with van der Waals surface area (Å²) in [6.45, 7) is 6.38. The van der Waals surface area contributed by atoms with Gasteiger partial charge in [-0.05, 0) is 31.1 Å². The Labute approximate surface area is 146 Å². The number of nitrogens with one attached hydrogen (secondary N) is 1. The third-order valence-corrected chi connectivity index (χ3v) is 5.33. The summed E-state index contributed by atoms with van der Waals surface area (Å²) in [7, 11) is 0. The molecule has 0 bridgehead atoms. The van der Waals surface area contributed by atoms with Crippen molar-refractivity contribution in [1.82, 2.24) is 19.3 Å². The van der Waals surface area contributed by atoms with Crippen LogP contribution in [-0.2, 0) is 0 Å². The summed E-state index contributed by atoms with van der Waals surface area (Å²) in [6, 6.07) is 2.43. The molecule has 7 heteroatoms. The van der Waals surface area contributed by atoms with Crippen LogP contribution in [0.3, 0.4) is 0 Å². The molecule has 124 valence electrons. The summed E-state index contributed by atoms with van der Waals surface area (Å²) in [5, 5.41) is 4.83. The van der Waals surface area contributed by atoms with Crippen molar-refractivity contribution in [2.45, 2.75) is 38.6 Å². The first-order valence-electron chi connectivity index (χ1n) is 7.95. The van der Waals surface area contributed by atoms with E-state index in [-0.39, 0.29) is 0 Å². The second kappa shape index (κ2) is 7.20. The number of hydrogen-bond acceptors (Lipinski definition) is 6. The number of aromatic nitrogens is 3. The Balaban J connectivity index is 1.78. The van der Waals surface area contributed by atoms with Crippen LogP contribution in [0.25, 0.3) is 10.9 Å². The van der Waals surface area contributed by atoms with Crippen molar-refractivity contribution in [3.63, 3.8) is 0 Å². The first-order chi connectivity index (χ1) is 11.1. The monoisotopic (exact) mass is 351 g/mol. The second-order valence-corrected chi connectivity index (χ2v) is 7.39. The van der Waals surface area contributed by atoms with Gasteiger partial charge in [-0.15, -0.1) is 0 Å². The molecule has 2 aromatic heterocycles. The highest BCUT2D eigenvalue weighted by atomic mass is 35.5. The van der Waals surface area contributed by atoms with Crippen molar-refractivity contribution < 1.29 is 0 Å². The van der Waals surface area contributed by atoms with Crippen LogP contribution in [0.2, 0.25) is 5.15 Å². The van der Waals surface area contributed by atoms with Crippen LogP contribution >= 0.6 is 23.5 Å². The molecule has 0 aliphatic carbocycles. The highest BCUT2D eigenvalue weighted by Gasteiger charge is 2.19. The van der Waals surface area contributed by atoms with E-state index in [0.29, 0.717) is 23.1 Å². The predicted molar refractivity (Wildman–Crippen MR) is 98.2 cm³/mol. The van der Waals surface area contributed by atoms with Gasteiger partial charge < -0.3 is 5.32 Å². The fraction of sp³-hybridized carbons (Fsp3) is 0.562. The van der Waals surface area contributed by atoms with Crippen LogP contribution in [0.15, 0.2) is 12.3 Å². The van der Waals surface area contributed by atoms with E-state index >= 15 is 0 Å². The van der Waals surface area contributed by atoms with Crippen LogP contribution < -0.4 is 5.32 Å². The quantitative estimate of drug-likeness (QED) is 0.664. The molecule has 1 aliphatic rings. The Morgan fingerprint density at radius 1 is 1.30 bits per heavy atom. The van der Waals surface area contributed by atoms with Gasteiger partial charge in [0.05, 0.1) is 0 Å². The van der Waals surface area contributed by atoms with E-state index in [1.54, 1.807) is 0 Å². The fourth-order valence-electron chi connectivity index (χ4n) is 2.75. The second-order valence-electron chi connectivity index (χ2n) is 6.15. The molecule has 0 saturated carbocycles. The fourth-order valence-corrected chi connectivity index (χ4v) is 3.58. The molecule has 0 unspecified atom stereocenters. The molecule has 0 amide bonds. The lowest BCUT2D eigenvalue weighted by atomic mass is 10.1. The van der Waals surface area contributed by atoms with E-state index in [2.05, 4.69) is 44.7 Å². The van der Waals surface area contributed by atoms with Gasteiger partial charge in [-0.2, -0.15) is 0 Å². The average molecular weight is 352 g/mol. The van der Waals surface area contributed by atoms with Gasteiger partial charge in [0.25, 0.3) is 0 Å². The minimum Gasteiger partial charge on any atom is -0.351 e. The Morgan fingerprint density at radius 3 is 2.70 bits per heavy atom. The Bertz CT molecular complexity index is 685. The molecule has 1 aliphatic heterocycles. The summed E-state index contributed by atoms with van der Waals surface area (Å²) in [5.41, 5.74) is 1.69. The minimum absolute atomic E-state index is 0.330. The molecule has 0 spiro atoms. The highest BCUT2D eigenvalue weighted by Crippen LogP contribution is 2.25. The normalized spacial score (nSPS) is 17.1. The lowest BCUT2D eigenvalue weighted by Crippen LogP contribution is -2.35. The SMILES string of the molecule is CSN1CCC(Nc2ncc3cc(C(C)C)nc(Cl)c3n2)CC1. The third-order valence-electron chi connectivity index (χ3n) is 4.18. The van der Waals surface area contributed by atoms with E-state index in [1.165, 1.54) is 0 Å². The number of anilines is 1. The number of pyridine rings is 1. The van der Waals surface area contributed by atoms with Crippen LogP contribution in [0.1, 0.15) is 38.3 Å². The maximum absolute atomic E-state index is 6.32. The average Bonchev–Trinajstić information content (AvgIpc) is 2.56. The maximum Gasteiger partial charge on any atom is 0.223 e. The number of fused-ring (bicyclic) bond motifs is 1. The minimum atomic E-state index is 0.330. The largest absolute Gasteiger partial charge is 0.351 e. The first-order valence-corrected chi connectivity index (χ1v) is 9.51. The van der Waals surface area contributed by atoms with E-state index in [1.807, 2.05) is 24.2 Å². The molecular weight excluding hydrogens is 330 g/mol. The Kier molecular flexibility index (Phi) is 5.24. The zero-order valence-electron chi connectivity index (χ0n) is 13.7. The van der Waals surface area contributed by atoms with Gasteiger partial charge in [0.15, 0.2) is 5.15 Å². The van der Waals surface area contributed by atoms with E-state index in [0.717, 1.165) is 42.5 Å².